The lowest BCUT2D eigenvalue weighted by Gasteiger charge is -2.15. The van der Waals surface area contributed by atoms with Gasteiger partial charge >= 0.3 is 5.97 Å². The maximum atomic E-state index is 12.1. The lowest BCUT2D eigenvalue weighted by atomic mass is 9.96. The molecule has 0 saturated heterocycles. The van der Waals surface area contributed by atoms with E-state index >= 15 is 0 Å². The third kappa shape index (κ3) is 4.32. The molecular weight excluding hydrogens is 326 g/mol. The number of nitriles is 1. The van der Waals surface area contributed by atoms with Crippen LogP contribution in [-0.2, 0) is 19.1 Å². The maximum absolute atomic E-state index is 12.1. The molecule has 0 spiro atoms. The second kappa shape index (κ2) is 7.93. The second-order valence-electron chi connectivity index (χ2n) is 5.10. The summed E-state index contributed by atoms with van der Waals surface area (Å²) < 4.78 is 15.2. The molecule has 2 rings (SSSR count). The zero-order chi connectivity index (χ0) is 18.4. The molecule has 0 N–H and O–H groups in total. The summed E-state index contributed by atoms with van der Waals surface area (Å²) in [6.45, 7) is 1.34. The van der Waals surface area contributed by atoms with Gasteiger partial charge in [0, 0.05) is 6.08 Å². The molecule has 128 valence electrons. The van der Waals surface area contributed by atoms with E-state index in [1.54, 1.807) is 18.2 Å². The molecule has 0 fully saturated rings. The first kappa shape index (κ1) is 17.9. The number of hydrogen-bond acceptors (Lipinski definition) is 7. The van der Waals surface area contributed by atoms with Gasteiger partial charge in [0.2, 0.25) is 0 Å². The van der Waals surface area contributed by atoms with Crippen LogP contribution in [-0.4, -0.2) is 31.3 Å². The number of carbonyl (C=O) groups excluding carboxylic acids is 3. The van der Waals surface area contributed by atoms with Crippen molar-refractivity contribution in [1.82, 2.24) is 0 Å². The SMILES string of the molecule is COc1cc(/C=C/C(=O)[C@H]2C(=O)C=C(C)OC2=O)ccc1OCC#N. The van der Waals surface area contributed by atoms with Gasteiger partial charge in [0.15, 0.2) is 35.6 Å². The van der Waals surface area contributed by atoms with E-state index in [-0.39, 0.29) is 12.4 Å². The van der Waals surface area contributed by atoms with Crippen LogP contribution in [0.15, 0.2) is 36.1 Å². The number of rotatable bonds is 6. The summed E-state index contributed by atoms with van der Waals surface area (Å²) in [6, 6.07) is 6.68. The minimum Gasteiger partial charge on any atom is -0.493 e. The Labute approximate surface area is 144 Å². The van der Waals surface area contributed by atoms with Gasteiger partial charge in [-0.05, 0) is 30.7 Å². The predicted molar refractivity (Wildman–Crippen MR) is 86.5 cm³/mol. The molecule has 0 aliphatic carbocycles. The Morgan fingerprint density at radius 3 is 2.76 bits per heavy atom. The fourth-order valence-corrected chi connectivity index (χ4v) is 2.19. The van der Waals surface area contributed by atoms with Gasteiger partial charge in [0.25, 0.3) is 0 Å². The topological polar surface area (TPSA) is 103 Å². The standard InChI is InChI=1S/C18H15NO6/c1-11-9-14(21)17(18(22)25-11)13(20)5-3-12-4-6-15(24-8-7-19)16(10-12)23-2/h3-6,9-10,17H,8H2,1-2H3/b5-3+/t17-/m0/s1. The van der Waals surface area contributed by atoms with Gasteiger partial charge in [-0.15, -0.1) is 0 Å². The molecule has 1 aliphatic heterocycles. The molecular formula is C18H15NO6. The number of cyclic esters (lactones) is 1. The van der Waals surface area contributed by atoms with Crippen LogP contribution < -0.4 is 9.47 Å². The molecule has 7 heteroatoms. The molecule has 1 aromatic rings. The van der Waals surface area contributed by atoms with Crippen molar-refractivity contribution in [2.45, 2.75) is 6.92 Å². The first-order valence-corrected chi connectivity index (χ1v) is 7.30. The summed E-state index contributed by atoms with van der Waals surface area (Å²) in [6.07, 6.45) is 3.72. The predicted octanol–water partition coefficient (Wildman–Crippen LogP) is 1.83. The molecule has 1 heterocycles. The summed E-state index contributed by atoms with van der Waals surface area (Å²) in [4.78, 5) is 35.7. The van der Waals surface area contributed by atoms with Gasteiger partial charge < -0.3 is 14.2 Å². The second-order valence-corrected chi connectivity index (χ2v) is 5.10. The van der Waals surface area contributed by atoms with Crippen molar-refractivity contribution >= 4 is 23.6 Å². The average molecular weight is 341 g/mol. The number of ketones is 2. The highest BCUT2D eigenvalue weighted by atomic mass is 16.5. The largest absolute Gasteiger partial charge is 0.493 e. The van der Waals surface area contributed by atoms with Crippen molar-refractivity contribution in [3.8, 4) is 17.6 Å². The normalized spacial score (nSPS) is 16.8. The van der Waals surface area contributed by atoms with Gasteiger partial charge in [-0.3, -0.25) is 14.4 Å². The number of allylic oxidation sites excluding steroid dienone is 3. The van der Waals surface area contributed by atoms with Crippen LogP contribution in [0.5, 0.6) is 11.5 Å². The number of methoxy groups -OCH3 is 1. The number of ether oxygens (including phenoxy) is 3. The number of hydrogen-bond donors (Lipinski definition) is 0. The fourth-order valence-electron chi connectivity index (χ4n) is 2.19. The highest BCUT2D eigenvalue weighted by molar-refractivity contribution is 6.25. The molecule has 7 nitrogen and oxygen atoms in total. The van der Waals surface area contributed by atoms with Gasteiger partial charge in [-0.1, -0.05) is 12.1 Å². The zero-order valence-corrected chi connectivity index (χ0v) is 13.6. The molecule has 25 heavy (non-hydrogen) atoms. The van der Waals surface area contributed by atoms with E-state index in [1.165, 1.54) is 20.1 Å². The Morgan fingerprint density at radius 1 is 1.36 bits per heavy atom. The number of esters is 1. The molecule has 0 bridgehead atoms. The first-order chi connectivity index (χ1) is 12.0. The molecule has 1 atom stereocenters. The molecule has 0 radical (unpaired) electrons. The van der Waals surface area contributed by atoms with Crippen LogP contribution in [0.25, 0.3) is 6.08 Å². The molecule has 0 amide bonds. The van der Waals surface area contributed by atoms with Crippen molar-refractivity contribution < 1.29 is 28.6 Å². The molecule has 0 unspecified atom stereocenters. The minimum atomic E-state index is -1.47. The van der Waals surface area contributed by atoms with E-state index in [2.05, 4.69) is 0 Å². The Balaban J connectivity index is 2.16. The number of carbonyl (C=O) groups is 3. The quantitative estimate of drug-likeness (QED) is 0.442. The summed E-state index contributed by atoms with van der Waals surface area (Å²) in [5.74, 6) is -2.67. The molecule has 1 aliphatic rings. The van der Waals surface area contributed by atoms with E-state index in [4.69, 9.17) is 19.5 Å². The third-order valence-electron chi connectivity index (χ3n) is 3.33. The Hall–Kier alpha value is -3.40. The lowest BCUT2D eigenvalue weighted by Crippen LogP contribution is -2.34. The van der Waals surface area contributed by atoms with Gasteiger partial charge in [-0.2, -0.15) is 5.26 Å². The smallest absolute Gasteiger partial charge is 0.329 e. The Bertz CT molecular complexity index is 815. The fraction of sp³-hybridized carbons (Fsp3) is 0.222. The van der Waals surface area contributed by atoms with Crippen molar-refractivity contribution in [3.63, 3.8) is 0 Å². The monoisotopic (exact) mass is 341 g/mol. The van der Waals surface area contributed by atoms with Crippen LogP contribution in [0.3, 0.4) is 0 Å². The maximum Gasteiger partial charge on any atom is 0.329 e. The van der Waals surface area contributed by atoms with E-state index in [0.717, 1.165) is 12.2 Å². The van der Waals surface area contributed by atoms with Crippen LogP contribution in [0.2, 0.25) is 0 Å². The van der Waals surface area contributed by atoms with E-state index < -0.39 is 23.5 Å². The van der Waals surface area contributed by atoms with Crippen molar-refractivity contribution in [1.29, 1.82) is 5.26 Å². The van der Waals surface area contributed by atoms with Gasteiger partial charge in [-0.25, -0.2) is 0 Å². The lowest BCUT2D eigenvalue weighted by molar-refractivity contribution is -0.151. The summed E-state index contributed by atoms with van der Waals surface area (Å²) in [5.41, 5.74) is 0.595. The third-order valence-corrected chi connectivity index (χ3v) is 3.33. The van der Waals surface area contributed by atoms with Crippen LogP contribution in [0, 0.1) is 17.2 Å². The summed E-state index contributed by atoms with van der Waals surface area (Å²) in [5, 5.41) is 8.54. The van der Waals surface area contributed by atoms with E-state index in [1.807, 2.05) is 6.07 Å². The van der Waals surface area contributed by atoms with Crippen molar-refractivity contribution in [2.75, 3.05) is 13.7 Å². The van der Waals surface area contributed by atoms with Crippen molar-refractivity contribution in [2.24, 2.45) is 5.92 Å². The summed E-state index contributed by atoms with van der Waals surface area (Å²) >= 11 is 0. The summed E-state index contributed by atoms with van der Waals surface area (Å²) in [7, 11) is 1.44. The van der Waals surface area contributed by atoms with Crippen LogP contribution in [0.1, 0.15) is 12.5 Å². The van der Waals surface area contributed by atoms with E-state index in [0.29, 0.717) is 17.1 Å². The number of nitrogens with zero attached hydrogens (tertiary/aromatic N) is 1. The van der Waals surface area contributed by atoms with Crippen LogP contribution >= 0.6 is 0 Å². The Morgan fingerprint density at radius 2 is 2.12 bits per heavy atom. The van der Waals surface area contributed by atoms with Gasteiger partial charge in [0.1, 0.15) is 11.8 Å². The molecule has 0 aromatic heterocycles. The zero-order valence-electron chi connectivity index (χ0n) is 13.6. The average Bonchev–Trinajstić information content (AvgIpc) is 2.57. The van der Waals surface area contributed by atoms with Crippen LogP contribution in [0.4, 0.5) is 0 Å². The minimum absolute atomic E-state index is 0.122. The van der Waals surface area contributed by atoms with E-state index in [9.17, 15) is 14.4 Å². The highest BCUT2D eigenvalue weighted by Crippen LogP contribution is 2.28. The highest BCUT2D eigenvalue weighted by Gasteiger charge is 2.36. The van der Waals surface area contributed by atoms with Gasteiger partial charge in [0.05, 0.1) is 7.11 Å². The van der Waals surface area contributed by atoms with Crippen molar-refractivity contribution in [3.05, 3.63) is 41.7 Å². The number of benzene rings is 1. The first-order valence-electron chi connectivity index (χ1n) is 7.30. The Kier molecular flexibility index (Phi) is 5.69. The molecule has 1 aromatic carbocycles. The molecule has 0 saturated carbocycles.